The van der Waals surface area contributed by atoms with E-state index in [2.05, 4.69) is 0 Å². The number of Topliss-reactive ketones (excluding diaryl/α,β-unsaturated/α-hetero) is 1. The van der Waals surface area contributed by atoms with Crippen molar-refractivity contribution >= 4 is 34.7 Å². The summed E-state index contributed by atoms with van der Waals surface area (Å²) in [5.74, 6) is -1.22. The minimum absolute atomic E-state index is 0.127. The Kier molecular flexibility index (Phi) is 5.91. The van der Waals surface area contributed by atoms with E-state index in [1.165, 1.54) is 37.5 Å². The van der Waals surface area contributed by atoms with Crippen molar-refractivity contribution in [2.75, 3.05) is 19.1 Å². The molecule has 0 spiro atoms. The third kappa shape index (κ3) is 3.74. The van der Waals surface area contributed by atoms with Crippen LogP contribution in [0.4, 0.5) is 5.69 Å². The summed E-state index contributed by atoms with van der Waals surface area (Å²) >= 11 is 6.19. The number of benzene rings is 2. The molecule has 33 heavy (non-hydrogen) atoms. The number of carbonyl (C=O) groups is 2. The molecular weight excluding hydrogens is 446 g/mol. The molecule has 1 saturated heterocycles. The van der Waals surface area contributed by atoms with Gasteiger partial charge in [-0.25, -0.2) is 0 Å². The van der Waals surface area contributed by atoms with Crippen molar-refractivity contribution in [1.29, 1.82) is 0 Å². The Labute approximate surface area is 195 Å². The lowest BCUT2D eigenvalue weighted by molar-refractivity contribution is -0.132. The van der Waals surface area contributed by atoms with E-state index in [1.54, 1.807) is 18.2 Å². The zero-order valence-corrected chi connectivity index (χ0v) is 19.3. The van der Waals surface area contributed by atoms with Gasteiger partial charge in [0.05, 0.1) is 36.6 Å². The Bertz CT molecular complexity index is 1280. The van der Waals surface area contributed by atoms with E-state index in [0.29, 0.717) is 11.4 Å². The summed E-state index contributed by atoms with van der Waals surface area (Å²) in [7, 11) is 2.84. The summed E-state index contributed by atoms with van der Waals surface area (Å²) in [5, 5.41) is 11.6. The van der Waals surface area contributed by atoms with E-state index in [1.807, 2.05) is 26.0 Å². The Hall–Kier alpha value is -3.71. The summed E-state index contributed by atoms with van der Waals surface area (Å²) in [6.07, 6.45) is 1.45. The molecule has 3 aromatic rings. The largest absolute Gasteiger partial charge is 0.507 e. The van der Waals surface area contributed by atoms with Gasteiger partial charge in [-0.2, -0.15) is 0 Å². The van der Waals surface area contributed by atoms with Crippen LogP contribution in [0, 0.1) is 13.8 Å². The van der Waals surface area contributed by atoms with E-state index in [4.69, 9.17) is 25.5 Å². The molecule has 1 N–H and O–H groups in total. The molecule has 7 nitrogen and oxygen atoms in total. The number of halogens is 1. The first-order chi connectivity index (χ1) is 15.8. The van der Waals surface area contributed by atoms with Gasteiger partial charge in [-0.1, -0.05) is 29.3 Å². The first kappa shape index (κ1) is 22.5. The number of ketones is 1. The van der Waals surface area contributed by atoms with Crippen molar-refractivity contribution in [2.45, 2.75) is 19.9 Å². The molecule has 0 bridgehead atoms. The highest BCUT2D eigenvalue weighted by molar-refractivity contribution is 6.51. The molecule has 1 aromatic heterocycles. The summed E-state index contributed by atoms with van der Waals surface area (Å²) in [5.41, 5.74) is 2.40. The lowest BCUT2D eigenvalue weighted by Gasteiger charge is -2.25. The topological polar surface area (TPSA) is 89.2 Å². The first-order valence-electron chi connectivity index (χ1n) is 10.1. The number of rotatable bonds is 5. The van der Waals surface area contributed by atoms with Crippen LogP contribution in [0.3, 0.4) is 0 Å². The molecular formula is C25H22ClNO6. The average Bonchev–Trinajstić information content (AvgIpc) is 3.40. The van der Waals surface area contributed by atoms with Gasteiger partial charge in [0.15, 0.2) is 0 Å². The molecule has 1 aliphatic heterocycles. The molecule has 2 heterocycles. The van der Waals surface area contributed by atoms with Gasteiger partial charge in [-0.15, -0.1) is 0 Å². The monoisotopic (exact) mass is 467 g/mol. The van der Waals surface area contributed by atoms with Crippen molar-refractivity contribution in [1.82, 2.24) is 0 Å². The third-order valence-corrected chi connectivity index (χ3v) is 5.89. The Morgan fingerprint density at radius 3 is 2.39 bits per heavy atom. The Morgan fingerprint density at radius 2 is 1.79 bits per heavy atom. The molecule has 0 aliphatic carbocycles. The van der Waals surface area contributed by atoms with E-state index in [0.717, 1.165) is 11.1 Å². The summed E-state index contributed by atoms with van der Waals surface area (Å²) in [4.78, 5) is 27.8. The molecule has 170 valence electrons. The van der Waals surface area contributed by atoms with Crippen LogP contribution in [0.25, 0.3) is 5.76 Å². The second-order valence-corrected chi connectivity index (χ2v) is 8.07. The molecule has 2 aromatic carbocycles. The van der Waals surface area contributed by atoms with Crippen molar-refractivity contribution in [3.8, 4) is 11.5 Å². The van der Waals surface area contributed by atoms with Gasteiger partial charge in [0.2, 0.25) is 0 Å². The second kappa shape index (κ2) is 8.67. The van der Waals surface area contributed by atoms with E-state index < -0.39 is 23.5 Å². The molecule has 8 heteroatoms. The minimum Gasteiger partial charge on any atom is -0.507 e. The number of ether oxygens (including phenoxy) is 2. The van der Waals surface area contributed by atoms with Crippen LogP contribution in [0.5, 0.6) is 11.5 Å². The number of aliphatic hydroxyl groups excluding tert-OH is 1. The van der Waals surface area contributed by atoms with E-state index in [-0.39, 0.29) is 27.7 Å². The number of aryl methyl sites for hydroxylation is 2. The number of aliphatic hydroxyl groups is 1. The van der Waals surface area contributed by atoms with Gasteiger partial charge in [0.25, 0.3) is 11.7 Å². The number of carbonyl (C=O) groups excluding carboxylic acids is 2. The zero-order valence-electron chi connectivity index (χ0n) is 18.5. The predicted molar refractivity (Wildman–Crippen MR) is 124 cm³/mol. The summed E-state index contributed by atoms with van der Waals surface area (Å²) in [6.45, 7) is 3.79. The van der Waals surface area contributed by atoms with Crippen molar-refractivity contribution in [3.63, 3.8) is 0 Å². The third-order valence-electron chi connectivity index (χ3n) is 5.60. The number of nitrogens with zero attached hydrogens (tertiary/aromatic N) is 1. The fourth-order valence-corrected chi connectivity index (χ4v) is 4.29. The van der Waals surface area contributed by atoms with Crippen LogP contribution in [0.15, 0.2) is 58.7 Å². The number of furan rings is 1. The van der Waals surface area contributed by atoms with Crippen molar-refractivity contribution in [2.24, 2.45) is 0 Å². The maximum Gasteiger partial charge on any atom is 0.300 e. The highest BCUT2D eigenvalue weighted by atomic mass is 35.5. The number of anilines is 1. The number of methoxy groups -OCH3 is 2. The number of amides is 1. The fourth-order valence-electron chi connectivity index (χ4n) is 4.06. The lowest BCUT2D eigenvalue weighted by Crippen LogP contribution is -2.30. The molecule has 1 fully saturated rings. The van der Waals surface area contributed by atoms with E-state index >= 15 is 0 Å². The highest BCUT2D eigenvalue weighted by Crippen LogP contribution is 2.45. The maximum atomic E-state index is 13.3. The summed E-state index contributed by atoms with van der Waals surface area (Å²) in [6, 6.07) is 10.8. The van der Waals surface area contributed by atoms with Gasteiger partial charge in [0, 0.05) is 11.8 Å². The van der Waals surface area contributed by atoms with Crippen LogP contribution in [0.1, 0.15) is 28.5 Å². The van der Waals surface area contributed by atoms with Gasteiger partial charge >= 0.3 is 0 Å². The van der Waals surface area contributed by atoms with Gasteiger partial charge in [-0.3, -0.25) is 14.5 Å². The SMILES string of the molecule is COc1cc(/C(O)=C2\C(=O)C(=O)N(c3ccc(C)cc3C)C2c2ccco2)c(OC)cc1Cl. The maximum absolute atomic E-state index is 13.3. The molecule has 1 aliphatic rings. The number of hydrogen-bond acceptors (Lipinski definition) is 6. The molecule has 1 unspecified atom stereocenters. The molecule has 1 amide bonds. The lowest BCUT2D eigenvalue weighted by atomic mass is 9.98. The van der Waals surface area contributed by atoms with Crippen molar-refractivity contribution in [3.05, 3.63) is 81.8 Å². The quantitative estimate of drug-likeness (QED) is 0.315. The van der Waals surface area contributed by atoms with Crippen LogP contribution < -0.4 is 14.4 Å². The Balaban J connectivity index is 1.99. The molecule has 4 rings (SSSR count). The van der Waals surface area contributed by atoms with Crippen LogP contribution in [-0.4, -0.2) is 31.0 Å². The molecule has 0 saturated carbocycles. The second-order valence-electron chi connectivity index (χ2n) is 7.66. The first-order valence-corrected chi connectivity index (χ1v) is 10.5. The van der Waals surface area contributed by atoms with Crippen molar-refractivity contribution < 1.29 is 28.6 Å². The molecule has 0 radical (unpaired) electrons. The van der Waals surface area contributed by atoms with Gasteiger partial charge in [-0.05, 0) is 43.7 Å². The zero-order chi connectivity index (χ0) is 23.9. The summed E-state index contributed by atoms with van der Waals surface area (Å²) < 4.78 is 16.2. The fraction of sp³-hybridized carbons (Fsp3) is 0.200. The molecule has 1 atom stereocenters. The highest BCUT2D eigenvalue weighted by Gasteiger charge is 2.49. The van der Waals surface area contributed by atoms with Gasteiger partial charge < -0.3 is 19.0 Å². The van der Waals surface area contributed by atoms with E-state index in [9.17, 15) is 14.7 Å². The van der Waals surface area contributed by atoms with Crippen LogP contribution in [0.2, 0.25) is 5.02 Å². The minimum atomic E-state index is -0.979. The normalized spacial score (nSPS) is 17.5. The predicted octanol–water partition coefficient (Wildman–Crippen LogP) is 5.19. The Morgan fingerprint density at radius 1 is 1.06 bits per heavy atom. The number of hydrogen-bond donors (Lipinski definition) is 1. The van der Waals surface area contributed by atoms with Crippen LogP contribution in [-0.2, 0) is 9.59 Å². The average molecular weight is 468 g/mol. The van der Waals surface area contributed by atoms with Crippen LogP contribution >= 0.6 is 11.6 Å². The van der Waals surface area contributed by atoms with Gasteiger partial charge in [0.1, 0.15) is 29.1 Å². The standard InChI is InChI=1S/C25H22ClNO6/c1-13-7-8-17(14(2)10-13)27-22(18-6-5-9-33-18)21(24(29)25(27)30)23(28)15-11-20(32-4)16(26)12-19(15)31-3/h5-12,22,28H,1-4H3/b23-21+. The smallest absolute Gasteiger partial charge is 0.300 e.